The van der Waals surface area contributed by atoms with E-state index in [1.807, 2.05) is 6.07 Å². The number of rotatable bonds is 4. The van der Waals surface area contributed by atoms with E-state index >= 15 is 0 Å². The van der Waals surface area contributed by atoms with E-state index in [2.05, 4.69) is 60.2 Å². The molecule has 0 radical (unpaired) electrons. The molecule has 5 nitrogen and oxygen atoms in total. The third kappa shape index (κ3) is 4.02. The molecule has 0 unspecified atom stereocenters. The second-order valence-corrected chi connectivity index (χ2v) is 8.53. The van der Waals surface area contributed by atoms with E-state index in [4.69, 9.17) is 11.6 Å². The highest BCUT2D eigenvalue weighted by Gasteiger charge is 2.16. The number of hydrogen-bond donors (Lipinski definition) is 1. The van der Waals surface area contributed by atoms with E-state index in [1.54, 1.807) is 24.9 Å². The molecular weight excluding hydrogens is 368 g/mol. The van der Waals surface area contributed by atoms with E-state index in [-0.39, 0.29) is 11.1 Å². The summed E-state index contributed by atoms with van der Waals surface area (Å²) in [6.07, 6.45) is 0. The van der Waals surface area contributed by atoms with Crippen molar-refractivity contribution in [3.63, 3.8) is 0 Å². The van der Waals surface area contributed by atoms with Gasteiger partial charge in [0.15, 0.2) is 5.82 Å². The van der Waals surface area contributed by atoms with Crippen LogP contribution in [0.1, 0.15) is 31.9 Å². The first kappa shape index (κ1) is 18.7. The second-order valence-electron chi connectivity index (χ2n) is 7.13. The van der Waals surface area contributed by atoms with Gasteiger partial charge in [-0.05, 0) is 28.7 Å². The van der Waals surface area contributed by atoms with Crippen molar-refractivity contribution in [2.24, 2.45) is 7.05 Å². The van der Waals surface area contributed by atoms with Crippen molar-refractivity contribution in [3.05, 3.63) is 63.2 Å². The molecule has 2 heterocycles. The lowest BCUT2D eigenvalue weighted by atomic mass is 9.87. The standard InChI is InChI=1S/C19H21ClN4OS/c1-19(2,3)13-7-5-12(6-8-13)11-26-14-9-10-15(20)21-16(14)17-22-23-18(25)24(17)4/h5-10H,11H2,1-4H3,(H,23,25). The molecule has 0 spiro atoms. The molecule has 1 aromatic carbocycles. The van der Waals surface area contributed by atoms with Crippen molar-refractivity contribution < 1.29 is 0 Å². The highest BCUT2D eigenvalue weighted by atomic mass is 35.5. The molecule has 0 aliphatic heterocycles. The van der Waals surface area contributed by atoms with Crippen LogP contribution < -0.4 is 5.69 Å². The summed E-state index contributed by atoms with van der Waals surface area (Å²) in [6.45, 7) is 6.61. The zero-order valence-electron chi connectivity index (χ0n) is 15.2. The number of halogens is 1. The van der Waals surface area contributed by atoms with Gasteiger partial charge in [-0.25, -0.2) is 14.9 Å². The molecule has 26 heavy (non-hydrogen) atoms. The van der Waals surface area contributed by atoms with Gasteiger partial charge in [0, 0.05) is 17.7 Å². The van der Waals surface area contributed by atoms with E-state index in [1.165, 1.54) is 15.7 Å². The first-order chi connectivity index (χ1) is 12.3. The summed E-state index contributed by atoms with van der Waals surface area (Å²) >= 11 is 7.70. The smallest absolute Gasteiger partial charge is 0.277 e. The fourth-order valence-corrected chi connectivity index (χ4v) is 3.62. The summed E-state index contributed by atoms with van der Waals surface area (Å²) in [5.41, 5.74) is 3.00. The zero-order valence-corrected chi connectivity index (χ0v) is 16.8. The van der Waals surface area contributed by atoms with Crippen LogP contribution in [-0.4, -0.2) is 19.7 Å². The van der Waals surface area contributed by atoms with Gasteiger partial charge < -0.3 is 0 Å². The molecular formula is C19H21ClN4OS. The van der Waals surface area contributed by atoms with E-state index in [0.717, 1.165) is 10.6 Å². The Hall–Kier alpha value is -2.05. The number of H-pyrrole nitrogens is 1. The van der Waals surface area contributed by atoms with Crippen LogP contribution in [0.5, 0.6) is 0 Å². The highest BCUT2D eigenvalue weighted by Crippen LogP contribution is 2.32. The third-order valence-corrected chi connectivity index (χ3v) is 5.46. The Morgan fingerprint density at radius 3 is 2.42 bits per heavy atom. The summed E-state index contributed by atoms with van der Waals surface area (Å²) < 4.78 is 1.43. The lowest BCUT2D eigenvalue weighted by Crippen LogP contribution is -2.13. The van der Waals surface area contributed by atoms with E-state index < -0.39 is 0 Å². The minimum Gasteiger partial charge on any atom is -0.277 e. The van der Waals surface area contributed by atoms with Gasteiger partial charge in [0.2, 0.25) is 0 Å². The lowest BCUT2D eigenvalue weighted by Gasteiger charge is -2.19. The minimum absolute atomic E-state index is 0.143. The Morgan fingerprint density at radius 1 is 1.15 bits per heavy atom. The predicted octanol–water partition coefficient (Wildman–Crippen LogP) is 4.41. The van der Waals surface area contributed by atoms with Crippen LogP contribution >= 0.6 is 23.4 Å². The number of thioether (sulfide) groups is 1. The van der Waals surface area contributed by atoms with Crippen LogP contribution in [0.2, 0.25) is 5.15 Å². The van der Waals surface area contributed by atoms with Crippen molar-refractivity contribution in [2.75, 3.05) is 0 Å². The number of pyridine rings is 1. The first-order valence-electron chi connectivity index (χ1n) is 8.26. The molecule has 3 aromatic rings. The second kappa shape index (κ2) is 7.29. The molecule has 0 saturated heterocycles. The molecule has 3 rings (SSSR count). The fraction of sp³-hybridized carbons (Fsp3) is 0.316. The molecule has 0 amide bonds. The topological polar surface area (TPSA) is 63.6 Å². The number of benzene rings is 1. The quantitative estimate of drug-likeness (QED) is 0.531. The Balaban J connectivity index is 1.85. The van der Waals surface area contributed by atoms with Gasteiger partial charge in [-0.2, -0.15) is 5.10 Å². The van der Waals surface area contributed by atoms with Gasteiger partial charge >= 0.3 is 5.69 Å². The van der Waals surface area contributed by atoms with Crippen LogP contribution in [0.15, 0.2) is 46.1 Å². The molecule has 7 heteroatoms. The van der Waals surface area contributed by atoms with Crippen LogP contribution in [0, 0.1) is 0 Å². The normalized spacial score (nSPS) is 11.7. The average molecular weight is 389 g/mol. The summed E-state index contributed by atoms with van der Waals surface area (Å²) in [4.78, 5) is 17.0. The molecule has 2 aromatic heterocycles. The van der Waals surface area contributed by atoms with Gasteiger partial charge in [-0.3, -0.25) is 4.57 Å². The van der Waals surface area contributed by atoms with Crippen molar-refractivity contribution in [2.45, 2.75) is 36.8 Å². The van der Waals surface area contributed by atoms with Gasteiger partial charge in [0.25, 0.3) is 0 Å². The molecule has 0 saturated carbocycles. The molecule has 0 fully saturated rings. The van der Waals surface area contributed by atoms with E-state index in [9.17, 15) is 4.79 Å². The molecule has 0 atom stereocenters. The summed E-state index contributed by atoms with van der Waals surface area (Å²) in [6, 6.07) is 12.3. The average Bonchev–Trinajstić information content (AvgIpc) is 2.92. The van der Waals surface area contributed by atoms with Gasteiger partial charge in [-0.15, -0.1) is 11.8 Å². The van der Waals surface area contributed by atoms with Crippen LogP contribution in [0.3, 0.4) is 0 Å². The summed E-state index contributed by atoms with van der Waals surface area (Å²) in [7, 11) is 1.66. The SMILES string of the molecule is Cn1c(-c2nc(Cl)ccc2SCc2ccc(C(C)(C)C)cc2)n[nH]c1=O. The Morgan fingerprint density at radius 2 is 1.85 bits per heavy atom. The van der Waals surface area contributed by atoms with Gasteiger partial charge in [0.1, 0.15) is 10.8 Å². The molecule has 0 bridgehead atoms. The number of hydrogen-bond acceptors (Lipinski definition) is 4. The number of aromatic nitrogens is 4. The van der Waals surface area contributed by atoms with Gasteiger partial charge in [-0.1, -0.05) is 56.6 Å². The Labute approximate surface area is 161 Å². The number of nitrogens with one attached hydrogen (secondary N) is 1. The van der Waals surface area contributed by atoms with Crippen molar-refractivity contribution in [1.29, 1.82) is 0 Å². The Bertz CT molecular complexity index is 970. The minimum atomic E-state index is -0.282. The monoisotopic (exact) mass is 388 g/mol. The van der Waals surface area contributed by atoms with E-state index in [0.29, 0.717) is 16.7 Å². The summed E-state index contributed by atoms with van der Waals surface area (Å²) in [5.74, 6) is 1.27. The molecule has 136 valence electrons. The first-order valence-corrected chi connectivity index (χ1v) is 9.62. The zero-order chi connectivity index (χ0) is 18.9. The maximum atomic E-state index is 11.7. The van der Waals surface area contributed by atoms with Crippen molar-refractivity contribution in [3.8, 4) is 11.5 Å². The summed E-state index contributed by atoms with van der Waals surface area (Å²) in [5, 5.41) is 6.88. The van der Waals surface area contributed by atoms with Crippen LogP contribution in [0.25, 0.3) is 11.5 Å². The Kier molecular flexibility index (Phi) is 5.25. The van der Waals surface area contributed by atoms with Gasteiger partial charge in [0.05, 0.1) is 0 Å². The predicted molar refractivity (Wildman–Crippen MR) is 107 cm³/mol. The highest BCUT2D eigenvalue weighted by molar-refractivity contribution is 7.98. The van der Waals surface area contributed by atoms with Crippen molar-refractivity contribution in [1.82, 2.24) is 19.7 Å². The fourth-order valence-electron chi connectivity index (χ4n) is 2.52. The van der Waals surface area contributed by atoms with Crippen molar-refractivity contribution >= 4 is 23.4 Å². The molecule has 0 aliphatic rings. The van der Waals surface area contributed by atoms with Crippen LogP contribution in [-0.2, 0) is 18.2 Å². The maximum absolute atomic E-state index is 11.7. The number of nitrogens with zero attached hydrogens (tertiary/aromatic N) is 3. The number of aromatic amines is 1. The third-order valence-electron chi connectivity index (χ3n) is 4.13. The lowest BCUT2D eigenvalue weighted by molar-refractivity contribution is 0.590. The molecule has 0 aliphatic carbocycles. The maximum Gasteiger partial charge on any atom is 0.343 e. The van der Waals surface area contributed by atoms with Crippen LogP contribution in [0.4, 0.5) is 0 Å². The largest absolute Gasteiger partial charge is 0.343 e. The molecule has 1 N–H and O–H groups in total.